The number of carbonyl (C=O) groups excluding carboxylic acids is 2. The minimum absolute atomic E-state index is 0.0204. The number of aromatic nitrogens is 2. The van der Waals surface area contributed by atoms with Crippen LogP contribution in [0.15, 0.2) is 30.3 Å². The summed E-state index contributed by atoms with van der Waals surface area (Å²) in [5.41, 5.74) is 2.25. The molecule has 1 unspecified atom stereocenters. The summed E-state index contributed by atoms with van der Waals surface area (Å²) in [6, 6.07) is 8.71. The lowest BCUT2D eigenvalue weighted by Gasteiger charge is -2.12. The first-order valence-electron chi connectivity index (χ1n) is 8.65. The van der Waals surface area contributed by atoms with Crippen LogP contribution in [0.5, 0.6) is 0 Å². The van der Waals surface area contributed by atoms with Crippen molar-refractivity contribution < 1.29 is 14.3 Å². The number of benzene rings is 1. The van der Waals surface area contributed by atoms with Crippen molar-refractivity contribution >= 4 is 23.3 Å². The first-order valence-corrected chi connectivity index (χ1v) is 8.65. The van der Waals surface area contributed by atoms with Crippen molar-refractivity contribution in [3.8, 4) is 0 Å². The number of ketones is 1. The molecule has 0 aliphatic carbocycles. The van der Waals surface area contributed by atoms with Gasteiger partial charge in [-0.3, -0.25) is 9.59 Å². The van der Waals surface area contributed by atoms with Crippen molar-refractivity contribution in [2.45, 2.75) is 32.8 Å². The van der Waals surface area contributed by atoms with Crippen LogP contribution in [0, 0.1) is 6.92 Å². The molecule has 0 spiro atoms. The van der Waals surface area contributed by atoms with Gasteiger partial charge in [0.15, 0.2) is 5.78 Å². The molecule has 26 heavy (non-hydrogen) atoms. The van der Waals surface area contributed by atoms with E-state index in [4.69, 9.17) is 4.74 Å². The van der Waals surface area contributed by atoms with E-state index in [-0.39, 0.29) is 17.8 Å². The summed E-state index contributed by atoms with van der Waals surface area (Å²) in [4.78, 5) is 32.5. The third-order valence-corrected chi connectivity index (χ3v) is 4.13. The lowest BCUT2D eigenvalue weighted by atomic mass is 10.1. The highest BCUT2D eigenvalue weighted by molar-refractivity contribution is 5.95. The van der Waals surface area contributed by atoms with Crippen molar-refractivity contribution in [3.05, 3.63) is 47.3 Å². The smallest absolute Gasteiger partial charge is 0.270 e. The first-order chi connectivity index (χ1) is 12.5. The van der Waals surface area contributed by atoms with Gasteiger partial charge in [-0.2, -0.15) is 0 Å². The van der Waals surface area contributed by atoms with E-state index in [1.807, 2.05) is 6.07 Å². The zero-order valence-corrected chi connectivity index (χ0v) is 14.9. The molecule has 7 nitrogen and oxygen atoms in total. The highest BCUT2D eigenvalue weighted by atomic mass is 16.5. The highest BCUT2D eigenvalue weighted by Gasteiger charge is 2.18. The summed E-state index contributed by atoms with van der Waals surface area (Å²) >= 11 is 0. The van der Waals surface area contributed by atoms with Crippen LogP contribution in [0.1, 0.15) is 46.3 Å². The largest absolute Gasteiger partial charge is 0.376 e. The second kappa shape index (κ2) is 8.05. The number of hydrogen-bond donors (Lipinski definition) is 2. The van der Waals surface area contributed by atoms with E-state index < -0.39 is 0 Å². The lowest BCUT2D eigenvalue weighted by molar-refractivity contribution is 0.0853. The number of Topliss-reactive ketones (excluding diaryl/α,β-unsaturated/α-hetero) is 1. The molecule has 136 valence electrons. The van der Waals surface area contributed by atoms with Gasteiger partial charge in [0, 0.05) is 30.1 Å². The third kappa shape index (κ3) is 4.64. The molecule has 1 aliphatic heterocycles. The van der Waals surface area contributed by atoms with Gasteiger partial charge in [-0.1, -0.05) is 12.1 Å². The third-order valence-electron chi connectivity index (χ3n) is 4.13. The number of hydrogen-bond acceptors (Lipinski definition) is 6. The Balaban J connectivity index is 1.71. The van der Waals surface area contributed by atoms with Crippen LogP contribution < -0.4 is 10.6 Å². The van der Waals surface area contributed by atoms with Crippen LogP contribution in [-0.2, 0) is 4.74 Å². The average Bonchev–Trinajstić information content (AvgIpc) is 3.13. The summed E-state index contributed by atoms with van der Waals surface area (Å²) in [5, 5.41) is 5.91. The van der Waals surface area contributed by atoms with Gasteiger partial charge in [0.2, 0.25) is 5.95 Å². The van der Waals surface area contributed by atoms with E-state index in [0.29, 0.717) is 35.1 Å². The van der Waals surface area contributed by atoms with Gasteiger partial charge < -0.3 is 15.4 Å². The molecule has 0 bridgehead atoms. The Labute approximate surface area is 152 Å². The molecule has 7 heteroatoms. The van der Waals surface area contributed by atoms with Crippen LogP contribution in [0.4, 0.5) is 11.6 Å². The van der Waals surface area contributed by atoms with Gasteiger partial charge in [-0.05, 0) is 44.9 Å². The SMILES string of the molecule is CC(=O)c1cccc(Nc2nc(C)cc(C(=O)NCC3CCCO3)n2)c1. The van der Waals surface area contributed by atoms with Gasteiger partial charge >= 0.3 is 0 Å². The summed E-state index contributed by atoms with van der Waals surface area (Å²) in [5.74, 6) is 0.0347. The Morgan fingerprint density at radius 2 is 2.12 bits per heavy atom. The number of rotatable bonds is 6. The van der Waals surface area contributed by atoms with Crippen LogP contribution in [0.3, 0.4) is 0 Å². The predicted octanol–water partition coefficient (Wildman–Crippen LogP) is 2.64. The van der Waals surface area contributed by atoms with Crippen LogP contribution in [0.2, 0.25) is 0 Å². The molecular formula is C19H22N4O3. The molecule has 1 aliphatic rings. The maximum Gasteiger partial charge on any atom is 0.270 e. The summed E-state index contributed by atoms with van der Waals surface area (Å²) in [6.45, 7) is 4.54. The second-order valence-corrected chi connectivity index (χ2v) is 6.33. The van der Waals surface area contributed by atoms with E-state index in [0.717, 1.165) is 19.4 Å². The molecule has 1 atom stereocenters. The molecule has 1 amide bonds. The standard InChI is InChI=1S/C19H22N4O3/c1-12-9-17(18(25)20-11-16-7-4-8-26-16)23-19(21-12)22-15-6-3-5-14(10-15)13(2)24/h3,5-6,9-10,16H,4,7-8,11H2,1-2H3,(H,20,25)(H,21,22,23). The van der Waals surface area contributed by atoms with Crippen LogP contribution in [0.25, 0.3) is 0 Å². The van der Waals surface area contributed by atoms with Crippen LogP contribution in [-0.4, -0.2) is 40.9 Å². The molecule has 1 aromatic heterocycles. The Kier molecular flexibility index (Phi) is 5.58. The number of nitrogens with zero attached hydrogens (tertiary/aromatic N) is 2. The van der Waals surface area contributed by atoms with E-state index in [9.17, 15) is 9.59 Å². The Hall–Kier alpha value is -2.80. The molecular weight excluding hydrogens is 332 g/mol. The molecule has 1 aromatic carbocycles. The molecule has 1 fully saturated rings. The van der Waals surface area contributed by atoms with Gasteiger partial charge in [-0.15, -0.1) is 0 Å². The van der Waals surface area contributed by atoms with Gasteiger partial charge in [0.25, 0.3) is 5.91 Å². The fraction of sp³-hybridized carbons (Fsp3) is 0.368. The fourth-order valence-corrected chi connectivity index (χ4v) is 2.79. The molecule has 0 saturated carbocycles. The first kappa shape index (κ1) is 18.0. The topological polar surface area (TPSA) is 93.2 Å². The molecule has 1 saturated heterocycles. The van der Waals surface area contributed by atoms with Crippen molar-refractivity contribution in [3.63, 3.8) is 0 Å². The summed E-state index contributed by atoms with van der Waals surface area (Å²) in [6.07, 6.45) is 2.07. The van der Waals surface area contributed by atoms with Crippen molar-refractivity contribution in [2.24, 2.45) is 0 Å². The summed E-state index contributed by atoms with van der Waals surface area (Å²) < 4.78 is 5.51. The van der Waals surface area contributed by atoms with Crippen molar-refractivity contribution in [1.29, 1.82) is 0 Å². The number of nitrogens with one attached hydrogen (secondary N) is 2. The zero-order chi connectivity index (χ0) is 18.5. The van der Waals surface area contributed by atoms with Gasteiger partial charge in [-0.25, -0.2) is 9.97 Å². The monoisotopic (exact) mass is 354 g/mol. The van der Waals surface area contributed by atoms with E-state index in [2.05, 4.69) is 20.6 Å². The number of carbonyl (C=O) groups is 2. The number of anilines is 2. The fourth-order valence-electron chi connectivity index (χ4n) is 2.79. The average molecular weight is 354 g/mol. The minimum atomic E-state index is -0.258. The molecule has 0 radical (unpaired) electrons. The molecule has 2 heterocycles. The number of ether oxygens (including phenoxy) is 1. The van der Waals surface area contributed by atoms with Crippen LogP contribution >= 0.6 is 0 Å². The Morgan fingerprint density at radius 1 is 1.27 bits per heavy atom. The predicted molar refractivity (Wildman–Crippen MR) is 97.8 cm³/mol. The summed E-state index contributed by atoms with van der Waals surface area (Å²) in [7, 11) is 0. The molecule has 2 N–H and O–H groups in total. The van der Waals surface area contributed by atoms with E-state index >= 15 is 0 Å². The Bertz CT molecular complexity index is 816. The maximum atomic E-state index is 12.4. The highest BCUT2D eigenvalue weighted by Crippen LogP contribution is 2.16. The van der Waals surface area contributed by atoms with Crippen molar-refractivity contribution in [1.82, 2.24) is 15.3 Å². The molecule has 3 rings (SSSR count). The Morgan fingerprint density at radius 3 is 2.85 bits per heavy atom. The van der Waals surface area contributed by atoms with Gasteiger partial charge in [0.05, 0.1) is 6.10 Å². The van der Waals surface area contributed by atoms with Gasteiger partial charge in [0.1, 0.15) is 5.69 Å². The van der Waals surface area contributed by atoms with E-state index in [1.54, 1.807) is 31.2 Å². The van der Waals surface area contributed by atoms with Crippen molar-refractivity contribution in [2.75, 3.05) is 18.5 Å². The van der Waals surface area contributed by atoms with E-state index in [1.165, 1.54) is 6.92 Å². The number of aryl methyl sites for hydroxylation is 1. The normalized spacial score (nSPS) is 16.3. The number of amides is 1. The molecule has 2 aromatic rings. The zero-order valence-electron chi connectivity index (χ0n) is 14.9. The quantitative estimate of drug-likeness (QED) is 0.775. The maximum absolute atomic E-state index is 12.4. The lowest BCUT2D eigenvalue weighted by Crippen LogP contribution is -2.32. The minimum Gasteiger partial charge on any atom is -0.376 e. The second-order valence-electron chi connectivity index (χ2n) is 6.33.